The number of hydrogen-bond donors (Lipinski definition) is 0. The summed E-state index contributed by atoms with van der Waals surface area (Å²) in [4.78, 5) is 14.5. The molecule has 0 unspecified atom stereocenters. The zero-order chi connectivity index (χ0) is 20.1. The van der Waals surface area contributed by atoms with Crippen LogP contribution >= 0.6 is 0 Å². The van der Waals surface area contributed by atoms with Crippen LogP contribution in [0.2, 0.25) is 0 Å². The number of alkyl halides is 3. The first kappa shape index (κ1) is 20.2. The first-order chi connectivity index (χ1) is 13.3. The van der Waals surface area contributed by atoms with Crippen LogP contribution < -0.4 is 4.74 Å². The van der Waals surface area contributed by atoms with E-state index in [-0.39, 0.29) is 25.1 Å². The van der Waals surface area contributed by atoms with Crippen molar-refractivity contribution in [1.29, 1.82) is 0 Å². The van der Waals surface area contributed by atoms with Gasteiger partial charge in [0.2, 0.25) is 0 Å². The second-order valence-corrected chi connectivity index (χ2v) is 7.04. The lowest BCUT2D eigenvalue weighted by Crippen LogP contribution is -2.43. The Balaban J connectivity index is 1.62. The standard InChI is InChI=1S/C20H24F3N3O2/c1-15-6-2-5-9-17(15)28-14-19(27)26(16-7-3-4-8-16)13-12-25-11-10-18(24-25)20(21,22)23/h2,5-6,9-11,16H,3-4,7-8,12-14H2,1H3. The largest absolute Gasteiger partial charge is 0.484 e. The third-order valence-electron chi connectivity index (χ3n) is 5.03. The molecule has 0 aliphatic heterocycles. The third kappa shape index (κ3) is 5.05. The molecule has 8 heteroatoms. The molecule has 0 spiro atoms. The van der Waals surface area contributed by atoms with Gasteiger partial charge >= 0.3 is 6.18 Å². The highest BCUT2D eigenvalue weighted by atomic mass is 19.4. The summed E-state index contributed by atoms with van der Waals surface area (Å²) in [5.74, 6) is 0.502. The number of aryl methyl sites for hydroxylation is 1. The molecule has 1 saturated carbocycles. The third-order valence-corrected chi connectivity index (χ3v) is 5.03. The van der Waals surface area contributed by atoms with Gasteiger partial charge in [-0.2, -0.15) is 18.3 Å². The summed E-state index contributed by atoms with van der Waals surface area (Å²) in [7, 11) is 0. The van der Waals surface area contributed by atoms with Crippen LogP contribution in [0.5, 0.6) is 5.75 Å². The van der Waals surface area contributed by atoms with Crippen LogP contribution in [0.3, 0.4) is 0 Å². The highest BCUT2D eigenvalue weighted by molar-refractivity contribution is 5.78. The van der Waals surface area contributed by atoms with Crippen molar-refractivity contribution in [2.75, 3.05) is 13.2 Å². The lowest BCUT2D eigenvalue weighted by atomic mass is 10.2. The van der Waals surface area contributed by atoms with Crippen molar-refractivity contribution in [3.05, 3.63) is 47.8 Å². The van der Waals surface area contributed by atoms with Gasteiger partial charge in [-0.15, -0.1) is 0 Å². The number of halogens is 3. The van der Waals surface area contributed by atoms with E-state index in [0.717, 1.165) is 37.3 Å². The summed E-state index contributed by atoms with van der Waals surface area (Å²) in [5, 5.41) is 3.57. The van der Waals surface area contributed by atoms with E-state index >= 15 is 0 Å². The number of rotatable bonds is 7. The Morgan fingerprint density at radius 1 is 1.25 bits per heavy atom. The van der Waals surface area contributed by atoms with Crippen LogP contribution in [0.4, 0.5) is 13.2 Å². The topological polar surface area (TPSA) is 47.4 Å². The number of carbonyl (C=O) groups is 1. The molecule has 28 heavy (non-hydrogen) atoms. The SMILES string of the molecule is Cc1ccccc1OCC(=O)N(CCn1ccc(C(F)(F)F)n1)C1CCCC1. The molecule has 1 aliphatic carbocycles. The molecule has 1 amide bonds. The molecular formula is C20H24F3N3O2. The molecule has 0 N–H and O–H groups in total. The van der Waals surface area contributed by atoms with Gasteiger partial charge in [0.15, 0.2) is 12.3 Å². The van der Waals surface area contributed by atoms with Crippen LogP contribution in [-0.4, -0.2) is 39.8 Å². The minimum atomic E-state index is -4.46. The highest BCUT2D eigenvalue weighted by Crippen LogP contribution is 2.27. The molecule has 2 aromatic rings. The van der Waals surface area contributed by atoms with Crippen molar-refractivity contribution >= 4 is 5.91 Å². The Hall–Kier alpha value is -2.51. The number of benzene rings is 1. The van der Waals surface area contributed by atoms with Crippen LogP contribution in [0.25, 0.3) is 0 Å². The van der Waals surface area contributed by atoms with Gasteiger partial charge in [0.05, 0.1) is 6.54 Å². The number of nitrogens with zero attached hydrogens (tertiary/aromatic N) is 3. The van der Waals surface area contributed by atoms with Crippen molar-refractivity contribution < 1.29 is 22.7 Å². The highest BCUT2D eigenvalue weighted by Gasteiger charge is 2.33. The summed E-state index contributed by atoms with van der Waals surface area (Å²) >= 11 is 0. The van der Waals surface area contributed by atoms with Crippen molar-refractivity contribution in [3.63, 3.8) is 0 Å². The molecular weight excluding hydrogens is 371 g/mol. The molecule has 0 atom stereocenters. The van der Waals surface area contributed by atoms with Gasteiger partial charge in [-0.1, -0.05) is 31.0 Å². The fourth-order valence-electron chi connectivity index (χ4n) is 3.52. The van der Waals surface area contributed by atoms with Crippen LogP contribution in [-0.2, 0) is 17.5 Å². The minimum Gasteiger partial charge on any atom is -0.484 e. The quantitative estimate of drug-likeness (QED) is 0.710. The summed E-state index contributed by atoms with van der Waals surface area (Å²) < 4.78 is 45.0. The maximum absolute atomic E-state index is 12.8. The van der Waals surface area contributed by atoms with E-state index in [1.165, 1.54) is 10.9 Å². The van der Waals surface area contributed by atoms with E-state index in [0.29, 0.717) is 12.3 Å². The molecule has 0 bridgehead atoms. The van der Waals surface area contributed by atoms with Crippen molar-refractivity contribution in [3.8, 4) is 5.75 Å². The van der Waals surface area contributed by atoms with Crippen LogP contribution in [0, 0.1) is 6.92 Å². The van der Waals surface area contributed by atoms with Gasteiger partial charge < -0.3 is 9.64 Å². The van der Waals surface area contributed by atoms with Crippen molar-refractivity contribution in [1.82, 2.24) is 14.7 Å². The summed E-state index contributed by atoms with van der Waals surface area (Å²) in [5.41, 5.74) is 0.0214. The fourth-order valence-corrected chi connectivity index (χ4v) is 3.52. The Morgan fingerprint density at radius 3 is 2.61 bits per heavy atom. The second kappa shape index (κ2) is 8.67. The average Bonchev–Trinajstić information content (AvgIpc) is 3.33. The van der Waals surface area contributed by atoms with E-state index in [1.807, 2.05) is 31.2 Å². The molecule has 0 saturated heterocycles. The Bertz CT molecular complexity index is 798. The van der Waals surface area contributed by atoms with Gasteiger partial charge in [0, 0.05) is 18.8 Å². The zero-order valence-electron chi connectivity index (χ0n) is 15.8. The summed E-state index contributed by atoms with van der Waals surface area (Å²) in [6.07, 6.45) is 0.740. The molecule has 1 aromatic heterocycles. The molecule has 1 fully saturated rings. The lowest BCUT2D eigenvalue weighted by molar-refractivity contribution is -0.141. The van der Waals surface area contributed by atoms with E-state index in [2.05, 4.69) is 5.10 Å². The number of para-hydroxylation sites is 1. The molecule has 0 radical (unpaired) electrons. The smallest absolute Gasteiger partial charge is 0.435 e. The Labute approximate surface area is 162 Å². The van der Waals surface area contributed by atoms with Crippen molar-refractivity contribution in [2.24, 2.45) is 0 Å². The van der Waals surface area contributed by atoms with E-state index in [4.69, 9.17) is 4.74 Å². The molecule has 1 aromatic carbocycles. The number of amides is 1. The molecule has 152 valence electrons. The second-order valence-electron chi connectivity index (χ2n) is 7.04. The van der Waals surface area contributed by atoms with Gasteiger partial charge in [-0.25, -0.2) is 0 Å². The summed E-state index contributed by atoms with van der Waals surface area (Å²) in [6.45, 7) is 2.33. The maximum Gasteiger partial charge on any atom is 0.435 e. The summed E-state index contributed by atoms with van der Waals surface area (Å²) in [6, 6.07) is 8.51. The van der Waals surface area contributed by atoms with Gasteiger partial charge in [-0.05, 0) is 37.5 Å². The number of carbonyl (C=O) groups excluding carboxylic acids is 1. The first-order valence-corrected chi connectivity index (χ1v) is 9.43. The van der Waals surface area contributed by atoms with Crippen molar-refractivity contribution in [2.45, 2.75) is 51.4 Å². The fraction of sp³-hybridized carbons (Fsp3) is 0.500. The molecule has 1 heterocycles. The zero-order valence-corrected chi connectivity index (χ0v) is 15.8. The predicted molar refractivity (Wildman–Crippen MR) is 97.9 cm³/mol. The van der Waals surface area contributed by atoms with Crippen LogP contribution in [0.15, 0.2) is 36.5 Å². The Kier molecular flexibility index (Phi) is 6.26. The predicted octanol–water partition coefficient (Wildman–Crippen LogP) is 4.06. The average molecular weight is 395 g/mol. The van der Waals surface area contributed by atoms with E-state index < -0.39 is 11.9 Å². The number of aromatic nitrogens is 2. The number of hydrogen-bond acceptors (Lipinski definition) is 3. The van der Waals surface area contributed by atoms with Gasteiger partial charge in [0.25, 0.3) is 5.91 Å². The molecule has 3 rings (SSSR count). The first-order valence-electron chi connectivity index (χ1n) is 9.43. The van der Waals surface area contributed by atoms with Gasteiger partial charge in [0.1, 0.15) is 5.75 Å². The lowest BCUT2D eigenvalue weighted by Gasteiger charge is -2.29. The van der Waals surface area contributed by atoms with E-state index in [9.17, 15) is 18.0 Å². The van der Waals surface area contributed by atoms with E-state index in [1.54, 1.807) is 4.90 Å². The van der Waals surface area contributed by atoms with Gasteiger partial charge in [-0.3, -0.25) is 9.48 Å². The van der Waals surface area contributed by atoms with Crippen LogP contribution in [0.1, 0.15) is 36.9 Å². The maximum atomic E-state index is 12.8. The normalized spacial score (nSPS) is 15.0. The Morgan fingerprint density at radius 2 is 1.96 bits per heavy atom. The molecule has 1 aliphatic rings. The minimum absolute atomic E-state index is 0.0890. The number of ether oxygens (including phenoxy) is 1. The monoisotopic (exact) mass is 395 g/mol. The molecule has 5 nitrogen and oxygen atoms in total.